The maximum Gasteiger partial charge on any atom is 0.256 e. The number of nitrogens with zero attached hydrogens (tertiary/aromatic N) is 4. The zero-order valence-electron chi connectivity index (χ0n) is 18.6. The lowest BCUT2D eigenvalue weighted by Crippen LogP contribution is -2.55. The van der Waals surface area contributed by atoms with Gasteiger partial charge < -0.3 is 9.80 Å². The van der Waals surface area contributed by atoms with Crippen LogP contribution in [-0.4, -0.2) is 98.1 Å². The van der Waals surface area contributed by atoms with Gasteiger partial charge in [0.1, 0.15) is 11.6 Å². The molecule has 2 fully saturated rings. The molecular weight excluding hydrogens is 466 g/mol. The van der Waals surface area contributed by atoms with E-state index in [0.29, 0.717) is 26.2 Å². The van der Waals surface area contributed by atoms with E-state index < -0.39 is 21.7 Å². The van der Waals surface area contributed by atoms with Gasteiger partial charge in [-0.05, 0) is 30.3 Å². The number of hydrogen-bond donors (Lipinski definition) is 0. The zero-order chi connectivity index (χ0) is 24.3. The molecule has 34 heavy (non-hydrogen) atoms. The van der Waals surface area contributed by atoms with Gasteiger partial charge in [-0.15, -0.1) is 0 Å². The van der Waals surface area contributed by atoms with E-state index in [9.17, 15) is 26.8 Å². The molecular formula is C23H26F2N4O4S. The van der Waals surface area contributed by atoms with Crippen LogP contribution in [0.1, 0.15) is 10.4 Å². The topological polar surface area (TPSA) is 81.2 Å². The SMILES string of the molecule is O=C(CN1CCN(C(=O)c2ccccc2F)CC1)N1CCN(S(=O)(=O)c2cccc(F)c2)CC1. The molecule has 2 amide bonds. The summed E-state index contributed by atoms with van der Waals surface area (Å²) in [5.74, 6) is -1.65. The lowest BCUT2D eigenvalue weighted by Gasteiger charge is -2.37. The molecule has 0 spiro atoms. The molecule has 8 nitrogen and oxygen atoms in total. The Bertz CT molecular complexity index is 1160. The summed E-state index contributed by atoms with van der Waals surface area (Å²) < 4.78 is 54.1. The number of benzene rings is 2. The molecule has 0 radical (unpaired) electrons. The van der Waals surface area contributed by atoms with Gasteiger partial charge in [-0.3, -0.25) is 14.5 Å². The second-order valence-electron chi connectivity index (χ2n) is 8.29. The Hall–Kier alpha value is -2.89. The largest absolute Gasteiger partial charge is 0.339 e. The number of hydrogen-bond acceptors (Lipinski definition) is 5. The third-order valence-corrected chi connectivity index (χ3v) is 8.04. The molecule has 182 valence electrons. The summed E-state index contributed by atoms with van der Waals surface area (Å²) in [6.07, 6.45) is 0. The molecule has 4 rings (SSSR count). The molecule has 0 bridgehead atoms. The van der Waals surface area contributed by atoms with E-state index in [2.05, 4.69) is 0 Å². The van der Waals surface area contributed by atoms with Crippen molar-refractivity contribution in [1.29, 1.82) is 0 Å². The third-order valence-electron chi connectivity index (χ3n) is 6.15. The molecule has 0 aliphatic carbocycles. The minimum atomic E-state index is -3.82. The van der Waals surface area contributed by atoms with Crippen molar-refractivity contribution in [3.63, 3.8) is 0 Å². The smallest absolute Gasteiger partial charge is 0.256 e. The predicted molar refractivity (Wildman–Crippen MR) is 120 cm³/mol. The van der Waals surface area contributed by atoms with Crippen molar-refractivity contribution in [2.75, 3.05) is 58.9 Å². The summed E-state index contributed by atoms with van der Waals surface area (Å²) >= 11 is 0. The van der Waals surface area contributed by atoms with Crippen LogP contribution in [0.5, 0.6) is 0 Å². The number of amides is 2. The molecule has 0 N–H and O–H groups in total. The lowest BCUT2D eigenvalue weighted by molar-refractivity contribution is -0.133. The Balaban J connectivity index is 1.26. The van der Waals surface area contributed by atoms with Crippen molar-refractivity contribution in [3.05, 3.63) is 65.7 Å². The maximum atomic E-state index is 13.9. The van der Waals surface area contributed by atoms with Crippen LogP contribution < -0.4 is 0 Å². The van der Waals surface area contributed by atoms with Crippen LogP contribution >= 0.6 is 0 Å². The minimum Gasteiger partial charge on any atom is -0.339 e. The van der Waals surface area contributed by atoms with Crippen molar-refractivity contribution in [2.24, 2.45) is 0 Å². The Labute approximate surface area is 197 Å². The van der Waals surface area contributed by atoms with Gasteiger partial charge in [0.2, 0.25) is 15.9 Å². The average Bonchev–Trinajstić information content (AvgIpc) is 2.84. The molecule has 0 atom stereocenters. The first-order chi connectivity index (χ1) is 16.3. The minimum absolute atomic E-state index is 0.0399. The van der Waals surface area contributed by atoms with E-state index in [1.165, 1.54) is 40.7 Å². The second kappa shape index (κ2) is 10.2. The van der Waals surface area contributed by atoms with Gasteiger partial charge in [-0.1, -0.05) is 18.2 Å². The maximum absolute atomic E-state index is 13.9. The highest BCUT2D eigenvalue weighted by molar-refractivity contribution is 7.89. The Morgan fingerprint density at radius 1 is 0.794 bits per heavy atom. The average molecular weight is 493 g/mol. The van der Waals surface area contributed by atoms with Crippen LogP contribution in [0.15, 0.2) is 53.4 Å². The van der Waals surface area contributed by atoms with Crippen LogP contribution in [0.25, 0.3) is 0 Å². The van der Waals surface area contributed by atoms with E-state index >= 15 is 0 Å². The number of rotatable bonds is 5. The standard InChI is InChI=1S/C23H26F2N4O4S/c24-18-4-3-5-19(16-18)34(32,33)29-14-12-27(13-15-29)22(30)17-26-8-10-28(11-9-26)23(31)20-6-1-2-7-21(20)25/h1-7,16H,8-15,17H2. The van der Waals surface area contributed by atoms with Crippen LogP contribution in [0.2, 0.25) is 0 Å². The fourth-order valence-corrected chi connectivity index (χ4v) is 5.61. The van der Waals surface area contributed by atoms with Crippen molar-refractivity contribution >= 4 is 21.8 Å². The lowest BCUT2D eigenvalue weighted by atomic mass is 10.1. The number of carbonyl (C=O) groups is 2. The van der Waals surface area contributed by atoms with E-state index in [0.717, 1.165) is 6.07 Å². The van der Waals surface area contributed by atoms with E-state index in [1.54, 1.807) is 15.9 Å². The fourth-order valence-electron chi connectivity index (χ4n) is 4.16. The molecule has 2 aliphatic heterocycles. The van der Waals surface area contributed by atoms with Gasteiger partial charge in [0.25, 0.3) is 5.91 Å². The molecule has 2 heterocycles. The zero-order valence-corrected chi connectivity index (χ0v) is 19.4. The van der Waals surface area contributed by atoms with Crippen LogP contribution in [0, 0.1) is 11.6 Å². The highest BCUT2D eigenvalue weighted by atomic mass is 32.2. The Morgan fingerprint density at radius 3 is 2.09 bits per heavy atom. The number of sulfonamides is 1. The number of halogens is 2. The van der Waals surface area contributed by atoms with Gasteiger partial charge in [-0.2, -0.15) is 4.31 Å². The summed E-state index contributed by atoms with van der Waals surface area (Å²) in [6.45, 7) is 2.68. The third kappa shape index (κ3) is 5.26. The van der Waals surface area contributed by atoms with Crippen LogP contribution in [0.4, 0.5) is 8.78 Å². The fraction of sp³-hybridized carbons (Fsp3) is 0.391. The second-order valence-corrected chi connectivity index (χ2v) is 10.2. The van der Waals surface area contributed by atoms with E-state index in [1.807, 2.05) is 4.90 Å². The van der Waals surface area contributed by atoms with E-state index in [4.69, 9.17) is 0 Å². The van der Waals surface area contributed by atoms with Crippen LogP contribution in [0.3, 0.4) is 0 Å². The van der Waals surface area contributed by atoms with Gasteiger partial charge in [0, 0.05) is 52.4 Å². The van der Waals surface area contributed by atoms with Crippen molar-refractivity contribution in [1.82, 2.24) is 19.0 Å². The monoisotopic (exact) mass is 492 g/mol. The van der Waals surface area contributed by atoms with Crippen molar-refractivity contribution in [2.45, 2.75) is 4.90 Å². The highest BCUT2D eigenvalue weighted by Crippen LogP contribution is 2.19. The molecule has 11 heteroatoms. The Kier molecular flexibility index (Phi) is 7.24. The molecule has 2 aromatic carbocycles. The van der Waals surface area contributed by atoms with Crippen LogP contribution in [-0.2, 0) is 14.8 Å². The van der Waals surface area contributed by atoms with Crippen molar-refractivity contribution in [3.8, 4) is 0 Å². The Morgan fingerprint density at radius 2 is 1.44 bits per heavy atom. The summed E-state index contributed by atoms with van der Waals surface area (Å²) in [6, 6.07) is 10.8. The molecule has 2 saturated heterocycles. The van der Waals surface area contributed by atoms with E-state index in [-0.39, 0.29) is 55.0 Å². The molecule has 0 unspecified atom stereocenters. The highest BCUT2D eigenvalue weighted by Gasteiger charge is 2.31. The summed E-state index contributed by atoms with van der Waals surface area (Å²) in [5, 5.41) is 0. The summed E-state index contributed by atoms with van der Waals surface area (Å²) in [5.41, 5.74) is 0.0399. The summed E-state index contributed by atoms with van der Waals surface area (Å²) in [7, 11) is -3.82. The predicted octanol–water partition coefficient (Wildman–Crippen LogP) is 1.26. The number of piperazine rings is 2. The normalized spacial score (nSPS) is 18.2. The molecule has 0 aromatic heterocycles. The van der Waals surface area contributed by atoms with Crippen molar-refractivity contribution < 1.29 is 26.8 Å². The molecule has 2 aromatic rings. The van der Waals surface area contributed by atoms with Gasteiger partial charge >= 0.3 is 0 Å². The quantitative estimate of drug-likeness (QED) is 0.628. The first-order valence-corrected chi connectivity index (χ1v) is 12.5. The van der Waals surface area contributed by atoms with Gasteiger partial charge in [0.05, 0.1) is 17.0 Å². The first kappa shape index (κ1) is 24.2. The first-order valence-electron chi connectivity index (χ1n) is 11.1. The molecule has 0 saturated carbocycles. The van der Waals surface area contributed by atoms with Gasteiger partial charge in [-0.25, -0.2) is 17.2 Å². The number of carbonyl (C=O) groups excluding carboxylic acids is 2. The molecule has 2 aliphatic rings. The van der Waals surface area contributed by atoms with Gasteiger partial charge in [0.15, 0.2) is 0 Å². The summed E-state index contributed by atoms with van der Waals surface area (Å²) in [4.78, 5) is 30.3.